The number of carbonyl (C=O) groups excluding carboxylic acids is 1. The van der Waals surface area contributed by atoms with Gasteiger partial charge < -0.3 is 14.7 Å². The van der Waals surface area contributed by atoms with Crippen LogP contribution in [-0.4, -0.2) is 53.2 Å². The van der Waals surface area contributed by atoms with Crippen molar-refractivity contribution in [1.82, 2.24) is 9.88 Å². The van der Waals surface area contributed by atoms with Gasteiger partial charge in [0.2, 0.25) is 0 Å². The van der Waals surface area contributed by atoms with Crippen molar-refractivity contribution in [2.75, 3.05) is 26.3 Å². The van der Waals surface area contributed by atoms with Gasteiger partial charge in [-0.1, -0.05) is 24.3 Å². The summed E-state index contributed by atoms with van der Waals surface area (Å²) in [7, 11) is 0. The number of carboxylic acids is 1. The predicted molar refractivity (Wildman–Crippen MR) is 97.2 cm³/mol. The number of aliphatic carboxylic acids is 1. The molecule has 1 aromatic carbocycles. The first-order chi connectivity index (χ1) is 12.5. The zero-order valence-electron chi connectivity index (χ0n) is 14.5. The van der Waals surface area contributed by atoms with Gasteiger partial charge in [0.15, 0.2) is 0 Å². The van der Waals surface area contributed by atoms with E-state index in [1.165, 1.54) is 11.3 Å². The molecule has 1 aromatic heterocycles. The zero-order valence-corrected chi connectivity index (χ0v) is 15.3. The van der Waals surface area contributed by atoms with Crippen LogP contribution >= 0.6 is 11.3 Å². The fourth-order valence-electron chi connectivity index (χ4n) is 3.92. The van der Waals surface area contributed by atoms with Crippen molar-refractivity contribution >= 4 is 23.2 Å². The smallest absolute Gasteiger partial charge is 0.311 e. The molecule has 6 nitrogen and oxygen atoms in total. The van der Waals surface area contributed by atoms with Gasteiger partial charge in [0.25, 0.3) is 5.91 Å². The summed E-state index contributed by atoms with van der Waals surface area (Å²) >= 11 is 1.44. The zero-order chi connectivity index (χ0) is 18.3. The van der Waals surface area contributed by atoms with E-state index in [9.17, 15) is 14.7 Å². The minimum atomic E-state index is -0.886. The molecule has 2 aliphatic heterocycles. The number of nitrogens with zero attached hydrogens (tertiary/aromatic N) is 2. The van der Waals surface area contributed by atoms with Crippen molar-refractivity contribution in [3.63, 3.8) is 0 Å². The number of ether oxygens (including phenoxy) is 1. The maximum absolute atomic E-state index is 12.9. The Balaban J connectivity index is 1.58. The van der Waals surface area contributed by atoms with Gasteiger partial charge in [0, 0.05) is 36.6 Å². The molecule has 2 saturated heterocycles. The second-order valence-corrected chi connectivity index (χ2v) is 7.88. The van der Waals surface area contributed by atoms with Crippen molar-refractivity contribution in [1.29, 1.82) is 0 Å². The molecule has 26 heavy (non-hydrogen) atoms. The number of aromatic nitrogens is 1. The molecule has 2 aliphatic rings. The molecule has 3 heterocycles. The maximum atomic E-state index is 12.9. The molecule has 0 radical (unpaired) electrons. The Kier molecular flexibility index (Phi) is 4.28. The van der Waals surface area contributed by atoms with Crippen LogP contribution in [0, 0.1) is 18.3 Å². The third-order valence-electron chi connectivity index (χ3n) is 5.52. The molecule has 2 aromatic rings. The van der Waals surface area contributed by atoms with Gasteiger partial charge in [-0.2, -0.15) is 0 Å². The molecule has 0 unspecified atom stereocenters. The Labute approximate surface area is 155 Å². The number of benzene rings is 1. The Hall–Kier alpha value is -2.25. The first-order valence-corrected chi connectivity index (χ1v) is 9.51. The fraction of sp³-hybridized carbons (Fsp3) is 0.421. The highest BCUT2D eigenvalue weighted by molar-refractivity contribution is 7.13. The van der Waals surface area contributed by atoms with Crippen molar-refractivity contribution in [2.45, 2.75) is 13.3 Å². The van der Waals surface area contributed by atoms with E-state index >= 15 is 0 Å². The van der Waals surface area contributed by atoms with Crippen LogP contribution in [0.2, 0.25) is 0 Å². The quantitative estimate of drug-likeness (QED) is 0.896. The summed E-state index contributed by atoms with van der Waals surface area (Å²) in [5.41, 5.74) is 1.62. The molecule has 136 valence electrons. The van der Waals surface area contributed by atoms with Crippen LogP contribution in [0.4, 0.5) is 0 Å². The van der Waals surface area contributed by atoms with Crippen molar-refractivity contribution < 1.29 is 19.4 Å². The van der Waals surface area contributed by atoms with E-state index in [4.69, 9.17) is 4.74 Å². The molecule has 1 amide bonds. The number of hydrogen-bond acceptors (Lipinski definition) is 5. The highest BCUT2D eigenvalue weighted by Gasteiger charge is 2.55. The molecule has 0 spiro atoms. The molecule has 1 N–H and O–H groups in total. The molecule has 2 fully saturated rings. The molecule has 0 aliphatic carbocycles. The molecule has 2 atom stereocenters. The van der Waals surface area contributed by atoms with Gasteiger partial charge in [0.1, 0.15) is 10.7 Å². The second-order valence-electron chi connectivity index (χ2n) is 7.02. The third kappa shape index (κ3) is 2.71. The Morgan fingerprint density at radius 2 is 2.19 bits per heavy atom. The largest absolute Gasteiger partial charge is 0.481 e. The summed E-state index contributed by atoms with van der Waals surface area (Å²) in [5.74, 6) is -1.19. The standard InChI is InChI=1S/C19H20N2O4S/c1-12-4-2-3-5-14(12)16-20-15(10-26-16)17(22)21-8-13-9-25-7-6-19(13,11-21)18(23)24/h2-5,10,13H,6-9,11H2,1H3,(H,23,24)/t13-,19+/m0/s1. The Morgan fingerprint density at radius 3 is 2.92 bits per heavy atom. The summed E-state index contributed by atoms with van der Waals surface area (Å²) in [4.78, 5) is 31.0. The average molecular weight is 372 g/mol. The lowest BCUT2D eigenvalue weighted by atomic mass is 9.74. The predicted octanol–water partition coefficient (Wildman–Crippen LogP) is 2.68. The van der Waals surface area contributed by atoms with Crippen LogP contribution in [-0.2, 0) is 9.53 Å². The van der Waals surface area contributed by atoms with Crippen LogP contribution in [0.5, 0.6) is 0 Å². The van der Waals surface area contributed by atoms with E-state index in [0.717, 1.165) is 16.1 Å². The van der Waals surface area contributed by atoms with E-state index in [2.05, 4.69) is 4.98 Å². The van der Waals surface area contributed by atoms with Gasteiger partial charge in [-0.15, -0.1) is 11.3 Å². The van der Waals surface area contributed by atoms with Crippen LogP contribution < -0.4 is 0 Å². The first kappa shape index (κ1) is 17.2. The molecule has 0 bridgehead atoms. The number of aryl methyl sites for hydroxylation is 1. The van der Waals surface area contributed by atoms with Crippen molar-refractivity contribution in [3.8, 4) is 10.6 Å². The van der Waals surface area contributed by atoms with E-state index in [-0.39, 0.29) is 18.4 Å². The van der Waals surface area contributed by atoms with E-state index in [1.54, 1.807) is 10.3 Å². The number of hydrogen-bond donors (Lipinski definition) is 1. The van der Waals surface area contributed by atoms with E-state index in [1.807, 2.05) is 31.2 Å². The first-order valence-electron chi connectivity index (χ1n) is 8.63. The Morgan fingerprint density at radius 1 is 1.38 bits per heavy atom. The topological polar surface area (TPSA) is 79.7 Å². The fourth-order valence-corrected chi connectivity index (χ4v) is 4.81. The van der Waals surface area contributed by atoms with E-state index in [0.29, 0.717) is 31.9 Å². The SMILES string of the molecule is Cc1ccccc1-c1nc(C(=O)N2C[C@H]3COCC[C@@]3(C(=O)O)C2)cs1. The van der Waals surface area contributed by atoms with E-state index < -0.39 is 11.4 Å². The summed E-state index contributed by atoms with van der Waals surface area (Å²) in [6.07, 6.45) is 0.447. The monoisotopic (exact) mass is 372 g/mol. The van der Waals surface area contributed by atoms with Gasteiger partial charge >= 0.3 is 5.97 Å². The van der Waals surface area contributed by atoms with Gasteiger partial charge in [-0.25, -0.2) is 4.98 Å². The summed E-state index contributed by atoms with van der Waals surface area (Å²) in [6.45, 7) is 3.47. The normalized spacial score (nSPS) is 25.1. The van der Waals surface area contributed by atoms with Crippen LogP contribution in [0.15, 0.2) is 29.6 Å². The highest BCUT2D eigenvalue weighted by Crippen LogP contribution is 2.43. The summed E-state index contributed by atoms with van der Waals surface area (Å²) in [6, 6.07) is 7.93. The minimum Gasteiger partial charge on any atom is -0.481 e. The molecular weight excluding hydrogens is 352 g/mol. The number of likely N-dealkylation sites (tertiary alicyclic amines) is 1. The highest BCUT2D eigenvalue weighted by atomic mass is 32.1. The number of carbonyl (C=O) groups is 2. The number of amides is 1. The molecule has 0 saturated carbocycles. The Bertz CT molecular complexity index is 865. The van der Waals surface area contributed by atoms with Crippen molar-refractivity contribution in [2.24, 2.45) is 11.3 Å². The van der Waals surface area contributed by atoms with Gasteiger partial charge in [0.05, 0.1) is 12.0 Å². The van der Waals surface area contributed by atoms with Crippen LogP contribution in [0.25, 0.3) is 10.6 Å². The second kappa shape index (κ2) is 6.48. The lowest BCUT2D eigenvalue weighted by Crippen LogP contribution is -2.45. The lowest BCUT2D eigenvalue weighted by Gasteiger charge is -2.33. The third-order valence-corrected chi connectivity index (χ3v) is 6.39. The minimum absolute atomic E-state index is 0.160. The summed E-state index contributed by atoms with van der Waals surface area (Å²) in [5, 5.41) is 12.3. The van der Waals surface area contributed by atoms with Crippen LogP contribution in [0.1, 0.15) is 22.5 Å². The number of carboxylic acid groups (broad SMARTS) is 1. The molecular formula is C19H20N2O4S. The van der Waals surface area contributed by atoms with Crippen molar-refractivity contribution in [3.05, 3.63) is 40.9 Å². The molecule has 7 heteroatoms. The number of fused-ring (bicyclic) bond motifs is 1. The lowest BCUT2D eigenvalue weighted by molar-refractivity contribution is -0.157. The molecule has 4 rings (SSSR count). The maximum Gasteiger partial charge on any atom is 0.311 e. The number of thiazole rings is 1. The van der Waals surface area contributed by atoms with Gasteiger partial charge in [-0.3, -0.25) is 9.59 Å². The average Bonchev–Trinajstić information content (AvgIpc) is 3.27. The van der Waals surface area contributed by atoms with Gasteiger partial charge in [-0.05, 0) is 18.9 Å². The number of rotatable bonds is 3. The summed E-state index contributed by atoms with van der Waals surface area (Å²) < 4.78 is 5.45. The van der Waals surface area contributed by atoms with Crippen LogP contribution in [0.3, 0.4) is 0 Å².